The summed E-state index contributed by atoms with van der Waals surface area (Å²) in [7, 11) is 0. The standard InChI is InChI=1S/C8H11N3O3/c1-2-14-6(12)3-5-7(9)10-4-11-8(5)13/h4H,2-3H2,1H3,(H3,9,10,11,13). The molecule has 0 radical (unpaired) electrons. The van der Waals surface area contributed by atoms with E-state index in [4.69, 9.17) is 5.73 Å². The molecule has 6 heteroatoms. The van der Waals surface area contributed by atoms with Crippen molar-refractivity contribution in [2.45, 2.75) is 13.3 Å². The molecular weight excluding hydrogens is 186 g/mol. The average Bonchev–Trinajstić information content (AvgIpc) is 2.12. The Labute approximate surface area is 80.1 Å². The van der Waals surface area contributed by atoms with Gasteiger partial charge in [0.25, 0.3) is 5.56 Å². The summed E-state index contributed by atoms with van der Waals surface area (Å²) in [5, 5.41) is 0. The topological polar surface area (TPSA) is 98.1 Å². The van der Waals surface area contributed by atoms with Crippen LogP contribution in [0.1, 0.15) is 12.5 Å². The van der Waals surface area contributed by atoms with E-state index < -0.39 is 11.5 Å². The fourth-order valence-corrected chi connectivity index (χ4v) is 0.969. The number of H-pyrrole nitrogens is 1. The SMILES string of the molecule is CCOC(=O)Cc1c(N)nc[nH]c1=O. The third-order valence-corrected chi connectivity index (χ3v) is 1.61. The summed E-state index contributed by atoms with van der Waals surface area (Å²) in [5.41, 5.74) is 5.16. The van der Waals surface area contributed by atoms with Crippen LogP contribution in [-0.4, -0.2) is 22.5 Å². The van der Waals surface area contributed by atoms with Crippen LogP contribution in [0.3, 0.4) is 0 Å². The summed E-state index contributed by atoms with van der Waals surface area (Å²) in [6.45, 7) is 1.96. The predicted molar refractivity (Wildman–Crippen MR) is 49.6 cm³/mol. The molecule has 0 bridgehead atoms. The number of carbonyl (C=O) groups excluding carboxylic acids is 1. The Morgan fingerprint density at radius 3 is 3.00 bits per heavy atom. The second-order valence-corrected chi connectivity index (χ2v) is 2.58. The highest BCUT2D eigenvalue weighted by atomic mass is 16.5. The Kier molecular flexibility index (Phi) is 3.22. The second kappa shape index (κ2) is 4.40. The summed E-state index contributed by atoms with van der Waals surface area (Å²) in [6, 6.07) is 0. The van der Waals surface area contributed by atoms with Gasteiger partial charge >= 0.3 is 5.97 Å². The quantitative estimate of drug-likeness (QED) is 0.634. The number of nitrogens with two attached hydrogens (primary N) is 1. The van der Waals surface area contributed by atoms with Crippen molar-refractivity contribution in [2.24, 2.45) is 0 Å². The maximum atomic E-state index is 11.2. The Hall–Kier alpha value is -1.85. The first-order chi connectivity index (χ1) is 6.65. The lowest BCUT2D eigenvalue weighted by Gasteiger charge is -2.02. The number of aromatic nitrogens is 2. The van der Waals surface area contributed by atoms with Crippen molar-refractivity contribution in [3.63, 3.8) is 0 Å². The van der Waals surface area contributed by atoms with Crippen molar-refractivity contribution in [1.29, 1.82) is 0 Å². The fraction of sp³-hybridized carbons (Fsp3) is 0.375. The van der Waals surface area contributed by atoms with Gasteiger partial charge in [0.15, 0.2) is 0 Å². The molecule has 0 amide bonds. The number of aromatic amines is 1. The third kappa shape index (κ3) is 2.32. The zero-order valence-corrected chi connectivity index (χ0v) is 7.74. The van der Waals surface area contributed by atoms with Gasteiger partial charge in [0, 0.05) is 0 Å². The molecular formula is C8H11N3O3. The minimum absolute atomic E-state index is 0.0572. The van der Waals surface area contributed by atoms with Crippen LogP contribution in [0, 0.1) is 0 Å². The molecule has 76 valence electrons. The Morgan fingerprint density at radius 2 is 2.43 bits per heavy atom. The molecule has 0 aliphatic rings. The molecule has 3 N–H and O–H groups in total. The van der Waals surface area contributed by atoms with Gasteiger partial charge in [0.2, 0.25) is 0 Å². The molecule has 0 aromatic carbocycles. The molecule has 0 spiro atoms. The monoisotopic (exact) mass is 197 g/mol. The van der Waals surface area contributed by atoms with Crippen LogP contribution in [0.5, 0.6) is 0 Å². The average molecular weight is 197 g/mol. The first kappa shape index (κ1) is 10.2. The van der Waals surface area contributed by atoms with E-state index in [1.54, 1.807) is 6.92 Å². The van der Waals surface area contributed by atoms with Crippen LogP contribution in [0.2, 0.25) is 0 Å². The Balaban J connectivity index is 2.86. The third-order valence-electron chi connectivity index (χ3n) is 1.61. The molecule has 6 nitrogen and oxygen atoms in total. The van der Waals surface area contributed by atoms with E-state index in [9.17, 15) is 9.59 Å². The molecule has 1 aromatic heterocycles. The van der Waals surface area contributed by atoms with E-state index >= 15 is 0 Å². The summed E-state index contributed by atoms with van der Waals surface area (Å²) >= 11 is 0. The number of nitrogens with zero attached hydrogens (tertiary/aromatic N) is 1. The molecule has 0 atom stereocenters. The highest BCUT2D eigenvalue weighted by Crippen LogP contribution is 2.01. The Morgan fingerprint density at radius 1 is 1.71 bits per heavy atom. The molecule has 1 aromatic rings. The molecule has 1 rings (SSSR count). The zero-order valence-electron chi connectivity index (χ0n) is 7.74. The van der Waals surface area contributed by atoms with E-state index in [2.05, 4.69) is 14.7 Å². The summed E-state index contributed by atoms with van der Waals surface area (Å²) < 4.78 is 4.68. The number of anilines is 1. The molecule has 0 aliphatic heterocycles. The van der Waals surface area contributed by atoms with Gasteiger partial charge in [0.05, 0.1) is 24.9 Å². The Bertz CT molecular complexity index is 386. The van der Waals surface area contributed by atoms with Crippen molar-refractivity contribution in [3.8, 4) is 0 Å². The van der Waals surface area contributed by atoms with E-state index in [1.165, 1.54) is 6.33 Å². The van der Waals surface area contributed by atoms with Crippen molar-refractivity contribution >= 4 is 11.8 Å². The minimum Gasteiger partial charge on any atom is -0.466 e. The first-order valence-corrected chi connectivity index (χ1v) is 4.12. The van der Waals surface area contributed by atoms with Crippen LogP contribution >= 0.6 is 0 Å². The van der Waals surface area contributed by atoms with Crippen LogP contribution in [0.15, 0.2) is 11.1 Å². The van der Waals surface area contributed by atoms with Crippen molar-refractivity contribution in [1.82, 2.24) is 9.97 Å². The molecule has 14 heavy (non-hydrogen) atoms. The second-order valence-electron chi connectivity index (χ2n) is 2.58. The van der Waals surface area contributed by atoms with Gasteiger partial charge in [-0.2, -0.15) is 0 Å². The smallest absolute Gasteiger partial charge is 0.310 e. The van der Waals surface area contributed by atoms with Gasteiger partial charge in [-0.25, -0.2) is 4.98 Å². The van der Waals surface area contributed by atoms with Crippen molar-refractivity contribution < 1.29 is 9.53 Å². The summed E-state index contributed by atoms with van der Waals surface area (Å²) in [4.78, 5) is 28.3. The van der Waals surface area contributed by atoms with Gasteiger partial charge in [-0.05, 0) is 6.92 Å². The molecule has 0 saturated heterocycles. The summed E-state index contributed by atoms with van der Waals surface area (Å²) in [5.74, 6) is -0.431. The molecule has 0 aliphatic carbocycles. The zero-order chi connectivity index (χ0) is 10.6. The predicted octanol–water partition coefficient (Wildman–Crippen LogP) is -0.542. The minimum atomic E-state index is -0.488. The van der Waals surface area contributed by atoms with E-state index in [0.717, 1.165) is 0 Å². The maximum Gasteiger partial charge on any atom is 0.310 e. The lowest BCUT2D eigenvalue weighted by molar-refractivity contribution is -0.142. The number of hydrogen-bond acceptors (Lipinski definition) is 5. The molecule has 0 fully saturated rings. The fourth-order valence-electron chi connectivity index (χ4n) is 0.969. The molecule has 0 unspecified atom stereocenters. The van der Waals surface area contributed by atoms with E-state index in [1.807, 2.05) is 0 Å². The van der Waals surface area contributed by atoms with Crippen LogP contribution < -0.4 is 11.3 Å². The first-order valence-electron chi connectivity index (χ1n) is 4.12. The largest absolute Gasteiger partial charge is 0.466 e. The van der Waals surface area contributed by atoms with E-state index in [0.29, 0.717) is 0 Å². The number of carbonyl (C=O) groups is 1. The van der Waals surface area contributed by atoms with Gasteiger partial charge in [-0.3, -0.25) is 9.59 Å². The lowest BCUT2D eigenvalue weighted by Crippen LogP contribution is -2.20. The van der Waals surface area contributed by atoms with Crippen LogP contribution in [-0.2, 0) is 16.0 Å². The number of rotatable bonds is 3. The van der Waals surface area contributed by atoms with Crippen molar-refractivity contribution in [2.75, 3.05) is 12.3 Å². The normalized spacial score (nSPS) is 9.79. The number of esters is 1. The van der Waals surface area contributed by atoms with Gasteiger partial charge in [0.1, 0.15) is 5.82 Å². The van der Waals surface area contributed by atoms with Gasteiger partial charge in [-0.1, -0.05) is 0 Å². The van der Waals surface area contributed by atoms with Gasteiger partial charge in [-0.15, -0.1) is 0 Å². The lowest BCUT2D eigenvalue weighted by atomic mass is 10.2. The number of hydrogen-bond donors (Lipinski definition) is 2. The van der Waals surface area contributed by atoms with Gasteiger partial charge < -0.3 is 15.5 Å². The molecule has 0 saturated carbocycles. The van der Waals surface area contributed by atoms with Crippen molar-refractivity contribution in [3.05, 3.63) is 22.2 Å². The molecule has 1 heterocycles. The maximum absolute atomic E-state index is 11.2. The summed E-state index contributed by atoms with van der Waals surface area (Å²) in [6.07, 6.45) is 1.04. The van der Waals surface area contributed by atoms with Crippen LogP contribution in [0.25, 0.3) is 0 Å². The number of ether oxygens (including phenoxy) is 1. The van der Waals surface area contributed by atoms with E-state index in [-0.39, 0.29) is 24.4 Å². The highest BCUT2D eigenvalue weighted by Gasteiger charge is 2.11. The number of nitrogen functional groups attached to an aromatic ring is 1. The number of nitrogens with one attached hydrogen (secondary N) is 1. The highest BCUT2D eigenvalue weighted by molar-refractivity contribution is 5.73. The van der Waals surface area contributed by atoms with Crippen LogP contribution in [0.4, 0.5) is 5.82 Å².